The molecule has 0 aromatic heterocycles. The van der Waals surface area contributed by atoms with Crippen molar-refractivity contribution in [2.24, 2.45) is 5.41 Å². The first-order valence-corrected chi connectivity index (χ1v) is 7.53. The zero-order chi connectivity index (χ0) is 13.9. The SMILES string of the molecule is CCC1(CC)CCN(C(=O)C(Cl)c2ccccc2)C1. The highest BCUT2D eigenvalue weighted by atomic mass is 35.5. The number of rotatable bonds is 4. The number of alkyl halides is 1. The van der Waals surface area contributed by atoms with Gasteiger partial charge in [-0.2, -0.15) is 0 Å². The van der Waals surface area contributed by atoms with Crippen molar-refractivity contribution in [3.05, 3.63) is 35.9 Å². The van der Waals surface area contributed by atoms with Crippen molar-refractivity contribution in [3.63, 3.8) is 0 Å². The summed E-state index contributed by atoms with van der Waals surface area (Å²) in [6, 6.07) is 9.61. The van der Waals surface area contributed by atoms with Gasteiger partial charge in [-0.3, -0.25) is 4.79 Å². The van der Waals surface area contributed by atoms with Crippen LogP contribution in [0.25, 0.3) is 0 Å². The van der Waals surface area contributed by atoms with Crippen molar-refractivity contribution in [1.29, 1.82) is 0 Å². The monoisotopic (exact) mass is 279 g/mol. The van der Waals surface area contributed by atoms with Gasteiger partial charge in [-0.1, -0.05) is 44.2 Å². The topological polar surface area (TPSA) is 20.3 Å². The van der Waals surface area contributed by atoms with Gasteiger partial charge in [0.1, 0.15) is 5.38 Å². The van der Waals surface area contributed by atoms with E-state index in [-0.39, 0.29) is 5.91 Å². The van der Waals surface area contributed by atoms with Crippen LogP contribution in [-0.4, -0.2) is 23.9 Å². The van der Waals surface area contributed by atoms with E-state index in [0.29, 0.717) is 5.41 Å². The van der Waals surface area contributed by atoms with Crippen LogP contribution >= 0.6 is 11.6 Å². The van der Waals surface area contributed by atoms with Crippen LogP contribution in [0.4, 0.5) is 0 Å². The van der Waals surface area contributed by atoms with Crippen LogP contribution in [0.15, 0.2) is 30.3 Å². The second kappa shape index (κ2) is 5.96. The normalized spacial score (nSPS) is 19.4. The molecule has 0 spiro atoms. The minimum Gasteiger partial charge on any atom is -0.341 e. The van der Waals surface area contributed by atoms with Crippen LogP contribution in [-0.2, 0) is 4.79 Å². The summed E-state index contributed by atoms with van der Waals surface area (Å²) in [7, 11) is 0. The molecular formula is C16H22ClNO. The number of nitrogens with zero attached hydrogens (tertiary/aromatic N) is 1. The van der Waals surface area contributed by atoms with Crippen LogP contribution in [0.3, 0.4) is 0 Å². The van der Waals surface area contributed by atoms with E-state index < -0.39 is 5.38 Å². The number of carbonyl (C=O) groups excluding carboxylic acids is 1. The number of carbonyl (C=O) groups is 1. The molecule has 1 amide bonds. The molecule has 1 aliphatic heterocycles. The fourth-order valence-corrected chi connectivity index (χ4v) is 3.16. The molecule has 0 radical (unpaired) electrons. The fourth-order valence-electron chi connectivity index (χ4n) is 2.88. The lowest BCUT2D eigenvalue weighted by molar-refractivity contribution is -0.130. The van der Waals surface area contributed by atoms with Crippen molar-refractivity contribution in [3.8, 4) is 0 Å². The first-order chi connectivity index (χ1) is 9.12. The molecule has 3 heteroatoms. The number of likely N-dealkylation sites (tertiary alicyclic amines) is 1. The summed E-state index contributed by atoms with van der Waals surface area (Å²) in [6.07, 6.45) is 3.36. The molecule has 104 valence electrons. The molecule has 1 saturated heterocycles. The largest absolute Gasteiger partial charge is 0.341 e. The molecule has 1 aliphatic rings. The Labute approximate surface area is 120 Å². The van der Waals surface area contributed by atoms with E-state index in [0.717, 1.165) is 37.9 Å². The van der Waals surface area contributed by atoms with Gasteiger partial charge < -0.3 is 4.90 Å². The number of hydrogen-bond donors (Lipinski definition) is 0. The molecule has 2 rings (SSSR count). The number of benzene rings is 1. The highest BCUT2D eigenvalue weighted by Gasteiger charge is 2.38. The molecular weight excluding hydrogens is 258 g/mol. The molecule has 1 heterocycles. The van der Waals surface area contributed by atoms with Crippen molar-refractivity contribution in [2.75, 3.05) is 13.1 Å². The van der Waals surface area contributed by atoms with Crippen molar-refractivity contribution >= 4 is 17.5 Å². The van der Waals surface area contributed by atoms with Gasteiger partial charge in [-0.05, 0) is 30.2 Å². The molecule has 19 heavy (non-hydrogen) atoms. The van der Waals surface area contributed by atoms with E-state index in [1.165, 1.54) is 0 Å². The second-order valence-corrected chi connectivity index (χ2v) is 5.93. The third-order valence-corrected chi connectivity index (χ3v) is 5.00. The van der Waals surface area contributed by atoms with Crippen LogP contribution < -0.4 is 0 Å². The summed E-state index contributed by atoms with van der Waals surface area (Å²) in [5, 5.41) is -0.550. The maximum absolute atomic E-state index is 12.5. The molecule has 0 aliphatic carbocycles. The second-order valence-electron chi connectivity index (χ2n) is 5.49. The number of halogens is 1. The molecule has 0 bridgehead atoms. The summed E-state index contributed by atoms with van der Waals surface area (Å²) < 4.78 is 0. The molecule has 1 atom stereocenters. The Kier molecular flexibility index (Phi) is 4.51. The maximum Gasteiger partial charge on any atom is 0.245 e. The molecule has 1 unspecified atom stereocenters. The molecule has 1 fully saturated rings. The minimum absolute atomic E-state index is 0.0524. The zero-order valence-corrected chi connectivity index (χ0v) is 12.5. The lowest BCUT2D eigenvalue weighted by atomic mass is 9.82. The van der Waals surface area contributed by atoms with Gasteiger partial charge in [0.2, 0.25) is 5.91 Å². The summed E-state index contributed by atoms with van der Waals surface area (Å²) in [5.74, 6) is 0.0524. The molecule has 0 N–H and O–H groups in total. The Hall–Kier alpha value is -1.02. The van der Waals surface area contributed by atoms with Gasteiger partial charge >= 0.3 is 0 Å². The average molecular weight is 280 g/mol. The third-order valence-electron chi connectivity index (χ3n) is 4.56. The van der Waals surface area contributed by atoms with E-state index >= 15 is 0 Å². The lowest BCUT2D eigenvalue weighted by Gasteiger charge is -2.27. The van der Waals surface area contributed by atoms with Crippen LogP contribution in [0, 0.1) is 5.41 Å². The zero-order valence-electron chi connectivity index (χ0n) is 11.7. The lowest BCUT2D eigenvalue weighted by Crippen LogP contribution is -2.34. The van der Waals surface area contributed by atoms with E-state index in [2.05, 4.69) is 13.8 Å². The summed E-state index contributed by atoms with van der Waals surface area (Å²) in [6.45, 7) is 6.13. The fraction of sp³-hybridized carbons (Fsp3) is 0.562. The molecule has 1 aromatic rings. The van der Waals surface area contributed by atoms with E-state index in [4.69, 9.17) is 11.6 Å². The molecule has 0 saturated carbocycles. The standard InChI is InChI=1S/C16H22ClNO/c1-3-16(4-2)10-11-18(12-16)15(19)14(17)13-8-6-5-7-9-13/h5-9,14H,3-4,10-12H2,1-2H3. The molecule has 2 nitrogen and oxygen atoms in total. The summed E-state index contributed by atoms with van der Waals surface area (Å²) in [5.41, 5.74) is 1.20. The highest BCUT2D eigenvalue weighted by Crippen LogP contribution is 2.38. The summed E-state index contributed by atoms with van der Waals surface area (Å²) in [4.78, 5) is 14.4. The molecule has 1 aromatic carbocycles. The Bertz CT molecular complexity index is 428. The van der Waals surface area contributed by atoms with E-state index in [1.807, 2.05) is 35.2 Å². The summed E-state index contributed by atoms with van der Waals surface area (Å²) >= 11 is 6.33. The van der Waals surface area contributed by atoms with Crippen LogP contribution in [0.2, 0.25) is 0 Å². The van der Waals surface area contributed by atoms with Gasteiger partial charge in [0.25, 0.3) is 0 Å². The predicted molar refractivity (Wildman–Crippen MR) is 79.2 cm³/mol. The first kappa shape index (κ1) is 14.4. The van der Waals surface area contributed by atoms with E-state index in [9.17, 15) is 4.79 Å². The Morgan fingerprint density at radius 1 is 1.32 bits per heavy atom. The van der Waals surface area contributed by atoms with Crippen molar-refractivity contribution in [2.45, 2.75) is 38.5 Å². The number of amides is 1. The highest BCUT2D eigenvalue weighted by molar-refractivity contribution is 6.30. The first-order valence-electron chi connectivity index (χ1n) is 7.09. The maximum atomic E-state index is 12.5. The Morgan fingerprint density at radius 2 is 1.95 bits per heavy atom. The minimum atomic E-state index is -0.550. The third kappa shape index (κ3) is 2.94. The van der Waals surface area contributed by atoms with Crippen molar-refractivity contribution < 1.29 is 4.79 Å². The Morgan fingerprint density at radius 3 is 2.47 bits per heavy atom. The predicted octanol–water partition coefficient (Wildman–Crippen LogP) is 4.01. The quantitative estimate of drug-likeness (QED) is 0.763. The Balaban J connectivity index is 2.06. The average Bonchev–Trinajstić information content (AvgIpc) is 2.92. The van der Waals surface area contributed by atoms with Gasteiger partial charge in [0.15, 0.2) is 0 Å². The van der Waals surface area contributed by atoms with Gasteiger partial charge in [0.05, 0.1) is 0 Å². The van der Waals surface area contributed by atoms with Crippen LogP contribution in [0.5, 0.6) is 0 Å². The van der Waals surface area contributed by atoms with Crippen molar-refractivity contribution in [1.82, 2.24) is 4.90 Å². The van der Waals surface area contributed by atoms with E-state index in [1.54, 1.807) is 0 Å². The van der Waals surface area contributed by atoms with Gasteiger partial charge in [-0.25, -0.2) is 0 Å². The van der Waals surface area contributed by atoms with Crippen LogP contribution in [0.1, 0.15) is 44.1 Å². The smallest absolute Gasteiger partial charge is 0.245 e. The van der Waals surface area contributed by atoms with Gasteiger partial charge in [0, 0.05) is 13.1 Å². The van der Waals surface area contributed by atoms with Gasteiger partial charge in [-0.15, -0.1) is 11.6 Å². The number of hydrogen-bond acceptors (Lipinski definition) is 1.